The Balaban J connectivity index is 1.62. The Morgan fingerprint density at radius 1 is 1.14 bits per heavy atom. The quantitative estimate of drug-likeness (QED) is 0.863. The molecule has 1 aliphatic rings. The summed E-state index contributed by atoms with van der Waals surface area (Å²) >= 11 is 6.15. The molecule has 5 heteroatoms. The Morgan fingerprint density at radius 2 is 1.86 bits per heavy atom. The predicted molar refractivity (Wildman–Crippen MR) is 88.8 cm³/mol. The first-order valence-electron chi connectivity index (χ1n) is 7.60. The van der Waals surface area contributed by atoms with Crippen LogP contribution in [-0.2, 0) is 0 Å². The summed E-state index contributed by atoms with van der Waals surface area (Å²) in [5, 5.41) is 0.673. The number of aryl methyl sites for hydroxylation is 2. The fraction of sp³-hybridized carbons (Fsp3) is 0.412. The molecule has 0 saturated carbocycles. The average Bonchev–Trinajstić information content (AvgIpc) is 2.49. The van der Waals surface area contributed by atoms with Crippen LogP contribution in [0, 0.1) is 13.8 Å². The van der Waals surface area contributed by atoms with Crippen LogP contribution in [0.4, 0.5) is 5.82 Å². The highest BCUT2D eigenvalue weighted by Crippen LogP contribution is 2.27. The summed E-state index contributed by atoms with van der Waals surface area (Å²) in [5.41, 5.74) is 1.01. The normalized spacial score (nSPS) is 15.9. The van der Waals surface area contributed by atoms with Crippen LogP contribution < -0.4 is 9.64 Å². The first kappa shape index (κ1) is 15.1. The van der Waals surface area contributed by atoms with Gasteiger partial charge in [0.25, 0.3) is 0 Å². The molecule has 0 atom stereocenters. The van der Waals surface area contributed by atoms with Crippen LogP contribution in [0.3, 0.4) is 0 Å². The molecule has 0 unspecified atom stereocenters. The summed E-state index contributed by atoms with van der Waals surface area (Å²) in [6.45, 7) is 5.81. The van der Waals surface area contributed by atoms with Crippen molar-refractivity contribution in [3.63, 3.8) is 0 Å². The van der Waals surface area contributed by atoms with Crippen molar-refractivity contribution in [2.75, 3.05) is 18.0 Å². The molecule has 1 aromatic carbocycles. The lowest BCUT2D eigenvalue weighted by Gasteiger charge is -2.33. The number of piperidine rings is 1. The van der Waals surface area contributed by atoms with Gasteiger partial charge < -0.3 is 9.64 Å². The smallest absolute Gasteiger partial charge is 0.138 e. The molecule has 0 amide bonds. The van der Waals surface area contributed by atoms with Gasteiger partial charge in [0.2, 0.25) is 0 Å². The first-order valence-corrected chi connectivity index (χ1v) is 7.98. The Labute approximate surface area is 136 Å². The largest absolute Gasteiger partial charge is 0.489 e. The molecule has 4 nitrogen and oxygen atoms in total. The summed E-state index contributed by atoms with van der Waals surface area (Å²) < 4.78 is 6.03. The van der Waals surface area contributed by atoms with Gasteiger partial charge in [0.05, 0.1) is 5.02 Å². The third-order valence-corrected chi connectivity index (χ3v) is 4.16. The number of anilines is 1. The maximum Gasteiger partial charge on any atom is 0.138 e. The number of ether oxygens (including phenoxy) is 1. The summed E-state index contributed by atoms with van der Waals surface area (Å²) in [5.74, 6) is 2.61. The van der Waals surface area contributed by atoms with Gasteiger partial charge in [-0.05, 0) is 26.0 Å². The van der Waals surface area contributed by atoms with Gasteiger partial charge in [-0.25, -0.2) is 9.97 Å². The lowest BCUT2D eigenvalue weighted by Crippen LogP contribution is -2.38. The summed E-state index contributed by atoms with van der Waals surface area (Å²) in [4.78, 5) is 11.2. The number of nitrogens with zero attached hydrogens (tertiary/aromatic N) is 3. The molecule has 0 spiro atoms. The van der Waals surface area contributed by atoms with Crippen LogP contribution >= 0.6 is 11.6 Å². The second kappa shape index (κ2) is 6.53. The minimum Gasteiger partial charge on any atom is -0.489 e. The number of hydrogen-bond donors (Lipinski definition) is 0. The highest BCUT2D eigenvalue weighted by molar-refractivity contribution is 6.32. The van der Waals surface area contributed by atoms with E-state index in [1.165, 1.54) is 0 Å². The average molecular weight is 318 g/mol. The minimum absolute atomic E-state index is 0.209. The number of halogens is 1. The van der Waals surface area contributed by atoms with E-state index in [4.69, 9.17) is 16.3 Å². The Kier molecular flexibility index (Phi) is 4.48. The number of para-hydroxylation sites is 1. The summed E-state index contributed by atoms with van der Waals surface area (Å²) in [6, 6.07) is 9.69. The third kappa shape index (κ3) is 3.50. The zero-order chi connectivity index (χ0) is 15.5. The maximum absolute atomic E-state index is 6.15. The van der Waals surface area contributed by atoms with Crippen LogP contribution in [0.2, 0.25) is 5.02 Å². The zero-order valence-corrected chi connectivity index (χ0v) is 13.7. The van der Waals surface area contributed by atoms with E-state index in [0.29, 0.717) is 5.02 Å². The lowest BCUT2D eigenvalue weighted by atomic mass is 10.1. The molecular weight excluding hydrogens is 298 g/mol. The SMILES string of the molecule is Cc1cc(N2CCC(Oc3ccccc3Cl)CC2)nc(C)n1. The van der Waals surface area contributed by atoms with Gasteiger partial charge in [-0.1, -0.05) is 23.7 Å². The molecule has 0 aliphatic carbocycles. The van der Waals surface area contributed by atoms with Crippen molar-refractivity contribution >= 4 is 17.4 Å². The monoisotopic (exact) mass is 317 g/mol. The number of aromatic nitrogens is 2. The van der Waals surface area contributed by atoms with Crippen LogP contribution in [0.1, 0.15) is 24.4 Å². The molecule has 2 aromatic rings. The number of benzene rings is 1. The molecule has 0 N–H and O–H groups in total. The highest BCUT2D eigenvalue weighted by Gasteiger charge is 2.22. The van der Waals surface area contributed by atoms with Gasteiger partial charge >= 0.3 is 0 Å². The second-order valence-corrected chi connectivity index (χ2v) is 6.06. The Bertz CT molecular complexity index is 634. The highest BCUT2D eigenvalue weighted by atomic mass is 35.5. The maximum atomic E-state index is 6.15. The van der Waals surface area contributed by atoms with Crippen molar-refractivity contribution in [1.29, 1.82) is 0 Å². The van der Waals surface area contributed by atoms with Gasteiger partial charge in [-0.15, -0.1) is 0 Å². The van der Waals surface area contributed by atoms with Crippen LogP contribution in [0.5, 0.6) is 5.75 Å². The molecule has 1 aromatic heterocycles. The van der Waals surface area contributed by atoms with E-state index in [9.17, 15) is 0 Å². The fourth-order valence-electron chi connectivity index (χ4n) is 2.78. The van der Waals surface area contributed by atoms with E-state index in [1.54, 1.807) is 0 Å². The molecule has 1 aliphatic heterocycles. The van der Waals surface area contributed by atoms with Gasteiger partial charge in [0.1, 0.15) is 23.5 Å². The van der Waals surface area contributed by atoms with Crippen molar-refractivity contribution in [3.8, 4) is 5.75 Å². The van der Waals surface area contributed by atoms with E-state index >= 15 is 0 Å². The topological polar surface area (TPSA) is 38.2 Å². The number of hydrogen-bond acceptors (Lipinski definition) is 4. The standard InChI is InChI=1S/C17H20ClN3O/c1-12-11-17(20-13(2)19-12)21-9-7-14(8-10-21)22-16-6-4-3-5-15(16)18/h3-6,11,14H,7-10H2,1-2H3. The molecule has 1 fully saturated rings. The molecule has 116 valence electrons. The molecule has 3 rings (SSSR count). The molecule has 0 bridgehead atoms. The first-order chi connectivity index (χ1) is 10.6. The van der Waals surface area contributed by atoms with Crippen LogP contribution in [0.15, 0.2) is 30.3 Å². The van der Waals surface area contributed by atoms with Crippen molar-refractivity contribution in [1.82, 2.24) is 9.97 Å². The second-order valence-electron chi connectivity index (χ2n) is 5.65. The molecule has 22 heavy (non-hydrogen) atoms. The van der Waals surface area contributed by atoms with Gasteiger partial charge in [0, 0.05) is 37.7 Å². The zero-order valence-electron chi connectivity index (χ0n) is 12.9. The van der Waals surface area contributed by atoms with Crippen LogP contribution in [-0.4, -0.2) is 29.2 Å². The molecule has 1 saturated heterocycles. The molecule has 0 radical (unpaired) electrons. The van der Waals surface area contributed by atoms with Gasteiger partial charge in [-0.3, -0.25) is 0 Å². The van der Waals surface area contributed by atoms with Crippen molar-refractivity contribution in [2.24, 2.45) is 0 Å². The lowest BCUT2D eigenvalue weighted by molar-refractivity contribution is 0.171. The van der Waals surface area contributed by atoms with Crippen molar-refractivity contribution in [2.45, 2.75) is 32.8 Å². The predicted octanol–water partition coefficient (Wildman–Crippen LogP) is 3.79. The van der Waals surface area contributed by atoms with Crippen LogP contribution in [0.25, 0.3) is 0 Å². The number of rotatable bonds is 3. The van der Waals surface area contributed by atoms with E-state index in [0.717, 1.165) is 49.0 Å². The third-order valence-electron chi connectivity index (χ3n) is 3.85. The van der Waals surface area contributed by atoms with E-state index < -0.39 is 0 Å². The summed E-state index contributed by atoms with van der Waals surface area (Å²) in [6.07, 6.45) is 2.14. The molecular formula is C17H20ClN3O. The Hall–Kier alpha value is -1.81. The summed E-state index contributed by atoms with van der Waals surface area (Å²) in [7, 11) is 0. The van der Waals surface area contributed by atoms with Gasteiger partial charge in [-0.2, -0.15) is 0 Å². The fourth-order valence-corrected chi connectivity index (χ4v) is 2.96. The molecule has 2 heterocycles. The van der Waals surface area contributed by atoms with E-state index in [-0.39, 0.29) is 6.10 Å². The Morgan fingerprint density at radius 3 is 2.55 bits per heavy atom. The van der Waals surface area contributed by atoms with Crippen molar-refractivity contribution < 1.29 is 4.74 Å². The van der Waals surface area contributed by atoms with Gasteiger partial charge in [0.15, 0.2) is 0 Å². The minimum atomic E-state index is 0.209. The van der Waals surface area contributed by atoms with E-state index in [2.05, 4.69) is 14.9 Å². The van der Waals surface area contributed by atoms with Crippen molar-refractivity contribution in [3.05, 3.63) is 46.9 Å². The van der Waals surface area contributed by atoms with E-state index in [1.807, 2.05) is 44.2 Å².